The van der Waals surface area contributed by atoms with Crippen molar-refractivity contribution in [2.45, 2.75) is 84.8 Å². The fourth-order valence-electron chi connectivity index (χ4n) is 3.56. The molecule has 1 heterocycles. The lowest BCUT2D eigenvalue weighted by Crippen LogP contribution is -2.41. The maximum atomic E-state index is 5.90. The highest BCUT2D eigenvalue weighted by Gasteiger charge is 2.33. The summed E-state index contributed by atoms with van der Waals surface area (Å²) in [5, 5.41) is 3.75. The third kappa shape index (κ3) is 5.43. The summed E-state index contributed by atoms with van der Waals surface area (Å²) in [5.74, 6) is 1.63. The molecule has 19 heavy (non-hydrogen) atoms. The summed E-state index contributed by atoms with van der Waals surface area (Å²) >= 11 is 0. The summed E-state index contributed by atoms with van der Waals surface area (Å²) < 4.78 is 5.90. The Bertz CT molecular complexity index is 219. The van der Waals surface area contributed by atoms with E-state index in [2.05, 4.69) is 33.0 Å². The molecule has 2 nitrogen and oxygen atoms in total. The first kappa shape index (κ1) is 17.0. The van der Waals surface area contributed by atoms with Crippen LogP contribution in [-0.4, -0.2) is 25.3 Å². The van der Waals surface area contributed by atoms with Gasteiger partial charge >= 0.3 is 0 Å². The topological polar surface area (TPSA) is 21.3 Å². The first-order valence-corrected chi connectivity index (χ1v) is 8.61. The summed E-state index contributed by atoms with van der Waals surface area (Å²) in [6.07, 6.45) is 9.69. The lowest BCUT2D eigenvalue weighted by Gasteiger charge is -2.31. The van der Waals surface area contributed by atoms with E-state index in [-0.39, 0.29) is 0 Å². The summed E-state index contributed by atoms with van der Waals surface area (Å²) in [4.78, 5) is 0. The van der Waals surface area contributed by atoms with Gasteiger partial charge in [0.25, 0.3) is 0 Å². The first-order chi connectivity index (χ1) is 9.26. The van der Waals surface area contributed by atoms with Crippen LogP contribution in [0.15, 0.2) is 0 Å². The molecule has 1 aliphatic rings. The molecule has 4 atom stereocenters. The summed E-state index contributed by atoms with van der Waals surface area (Å²) in [7, 11) is 0. The van der Waals surface area contributed by atoms with E-state index in [0.717, 1.165) is 31.4 Å². The highest BCUT2D eigenvalue weighted by molar-refractivity contribution is 4.87. The van der Waals surface area contributed by atoms with Gasteiger partial charge in [-0.1, -0.05) is 53.4 Å². The predicted molar refractivity (Wildman–Crippen MR) is 83.5 cm³/mol. The molecule has 0 aromatic carbocycles. The second kappa shape index (κ2) is 9.77. The molecule has 1 saturated heterocycles. The van der Waals surface area contributed by atoms with Gasteiger partial charge in [0.1, 0.15) is 0 Å². The van der Waals surface area contributed by atoms with Crippen LogP contribution in [0.25, 0.3) is 0 Å². The van der Waals surface area contributed by atoms with Crippen LogP contribution in [0.3, 0.4) is 0 Å². The molecule has 0 bridgehead atoms. The molecule has 1 fully saturated rings. The zero-order valence-corrected chi connectivity index (χ0v) is 13.6. The Morgan fingerprint density at radius 2 is 2.00 bits per heavy atom. The predicted octanol–water partition coefficient (Wildman–Crippen LogP) is 4.39. The molecule has 114 valence electrons. The fourth-order valence-corrected chi connectivity index (χ4v) is 3.56. The Hall–Kier alpha value is -0.0800. The number of ether oxygens (including phenoxy) is 1. The van der Waals surface area contributed by atoms with Crippen molar-refractivity contribution >= 4 is 0 Å². The first-order valence-electron chi connectivity index (χ1n) is 8.61. The van der Waals surface area contributed by atoms with Gasteiger partial charge in [-0.05, 0) is 31.7 Å². The Labute approximate surface area is 120 Å². The van der Waals surface area contributed by atoms with E-state index in [1.54, 1.807) is 0 Å². The van der Waals surface area contributed by atoms with E-state index >= 15 is 0 Å². The minimum atomic E-state index is 0.493. The van der Waals surface area contributed by atoms with Gasteiger partial charge in [0.15, 0.2) is 0 Å². The number of hydrogen-bond donors (Lipinski definition) is 1. The van der Waals surface area contributed by atoms with E-state index in [4.69, 9.17) is 4.74 Å². The van der Waals surface area contributed by atoms with Crippen LogP contribution in [-0.2, 0) is 4.74 Å². The smallest absolute Gasteiger partial charge is 0.0616 e. The SMILES string of the molecule is CCCCC(CC)CC(NCC)C1CCOC1CC. The normalized spacial score (nSPS) is 26.5. The Morgan fingerprint density at radius 3 is 2.58 bits per heavy atom. The van der Waals surface area contributed by atoms with E-state index in [1.807, 2.05) is 0 Å². The standard InChI is InChI=1S/C17H35NO/c1-5-9-10-14(6-2)13-16(18-8-4)15-11-12-19-17(15)7-3/h14-18H,5-13H2,1-4H3. The molecule has 0 spiro atoms. The molecule has 0 saturated carbocycles. The van der Waals surface area contributed by atoms with E-state index < -0.39 is 0 Å². The van der Waals surface area contributed by atoms with Crippen molar-refractivity contribution in [2.75, 3.05) is 13.2 Å². The Morgan fingerprint density at radius 1 is 1.21 bits per heavy atom. The summed E-state index contributed by atoms with van der Waals surface area (Å²) in [6, 6.07) is 0.666. The van der Waals surface area contributed by atoms with Crippen LogP contribution in [0, 0.1) is 11.8 Å². The second-order valence-corrected chi connectivity index (χ2v) is 6.09. The van der Waals surface area contributed by atoms with Crippen molar-refractivity contribution in [3.63, 3.8) is 0 Å². The van der Waals surface area contributed by atoms with Crippen molar-refractivity contribution in [2.24, 2.45) is 11.8 Å². The average Bonchev–Trinajstić information content (AvgIpc) is 2.90. The largest absolute Gasteiger partial charge is 0.378 e. The molecule has 2 heteroatoms. The van der Waals surface area contributed by atoms with E-state index in [0.29, 0.717) is 12.1 Å². The quantitative estimate of drug-likeness (QED) is 0.635. The van der Waals surface area contributed by atoms with Crippen LogP contribution < -0.4 is 5.32 Å². The zero-order valence-electron chi connectivity index (χ0n) is 13.6. The van der Waals surface area contributed by atoms with Crippen molar-refractivity contribution in [1.29, 1.82) is 0 Å². The average molecular weight is 269 g/mol. The molecule has 0 aromatic rings. The van der Waals surface area contributed by atoms with Gasteiger partial charge in [0.05, 0.1) is 6.10 Å². The Kier molecular flexibility index (Phi) is 8.72. The van der Waals surface area contributed by atoms with Crippen molar-refractivity contribution in [1.82, 2.24) is 5.32 Å². The zero-order chi connectivity index (χ0) is 14.1. The summed E-state index contributed by atoms with van der Waals surface area (Å²) in [5.41, 5.74) is 0. The Balaban J connectivity index is 2.54. The van der Waals surface area contributed by atoms with Gasteiger partial charge in [-0.2, -0.15) is 0 Å². The van der Waals surface area contributed by atoms with Crippen LogP contribution in [0.1, 0.15) is 72.6 Å². The van der Waals surface area contributed by atoms with Gasteiger partial charge in [0.2, 0.25) is 0 Å². The summed E-state index contributed by atoms with van der Waals surface area (Å²) in [6.45, 7) is 11.2. The minimum absolute atomic E-state index is 0.493. The van der Waals surface area contributed by atoms with Gasteiger partial charge in [-0.25, -0.2) is 0 Å². The van der Waals surface area contributed by atoms with Crippen molar-refractivity contribution in [3.8, 4) is 0 Å². The minimum Gasteiger partial charge on any atom is -0.378 e. The van der Waals surface area contributed by atoms with Gasteiger partial charge in [-0.15, -0.1) is 0 Å². The highest BCUT2D eigenvalue weighted by atomic mass is 16.5. The molecule has 0 radical (unpaired) electrons. The van der Waals surface area contributed by atoms with Gasteiger partial charge < -0.3 is 10.1 Å². The van der Waals surface area contributed by atoms with Crippen LogP contribution >= 0.6 is 0 Å². The number of hydrogen-bond acceptors (Lipinski definition) is 2. The lowest BCUT2D eigenvalue weighted by atomic mass is 9.83. The van der Waals surface area contributed by atoms with Crippen molar-refractivity contribution in [3.05, 3.63) is 0 Å². The molecule has 4 unspecified atom stereocenters. The van der Waals surface area contributed by atoms with Crippen LogP contribution in [0.5, 0.6) is 0 Å². The number of unbranched alkanes of at least 4 members (excludes halogenated alkanes) is 1. The fraction of sp³-hybridized carbons (Fsp3) is 1.00. The van der Waals surface area contributed by atoms with Crippen LogP contribution in [0.2, 0.25) is 0 Å². The van der Waals surface area contributed by atoms with E-state index in [9.17, 15) is 0 Å². The maximum Gasteiger partial charge on any atom is 0.0616 e. The van der Waals surface area contributed by atoms with E-state index in [1.165, 1.54) is 38.5 Å². The number of nitrogens with one attached hydrogen (secondary N) is 1. The number of rotatable bonds is 10. The monoisotopic (exact) mass is 269 g/mol. The van der Waals surface area contributed by atoms with Crippen molar-refractivity contribution < 1.29 is 4.74 Å². The molecular formula is C17H35NO. The highest BCUT2D eigenvalue weighted by Crippen LogP contribution is 2.31. The second-order valence-electron chi connectivity index (χ2n) is 6.09. The van der Waals surface area contributed by atoms with Gasteiger partial charge in [-0.3, -0.25) is 0 Å². The molecule has 1 rings (SSSR count). The molecule has 0 aliphatic carbocycles. The molecule has 1 N–H and O–H groups in total. The molecule has 0 amide bonds. The van der Waals surface area contributed by atoms with Gasteiger partial charge in [0, 0.05) is 18.6 Å². The molecule has 1 aliphatic heterocycles. The molecular weight excluding hydrogens is 234 g/mol. The third-order valence-corrected chi connectivity index (χ3v) is 4.78. The lowest BCUT2D eigenvalue weighted by molar-refractivity contribution is 0.0740. The molecule has 0 aromatic heterocycles. The maximum absolute atomic E-state index is 5.90. The third-order valence-electron chi connectivity index (χ3n) is 4.78. The van der Waals surface area contributed by atoms with Crippen LogP contribution in [0.4, 0.5) is 0 Å².